The van der Waals surface area contributed by atoms with Gasteiger partial charge in [0.2, 0.25) is 5.91 Å². The number of nitrogens with zero attached hydrogens (tertiary/aromatic N) is 4. The average molecular weight is 457 g/mol. The van der Waals surface area contributed by atoms with Gasteiger partial charge in [0.25, 0.3) is 0 Å². The van der Waals surface area contributed by atoms with E-state index in [1.165, 1.54) is 0 Å². The van der Waals surface area contributed by atoms with Gasteiger partial charge in [0.15, 0.2) is 0 Å². The van der Waals surface area contributed by atoms with Crippen LogP contribution in [-0.2, 0) is 4.79 Å². The second kappa shape index (κ2) is 9.22. The first-order valence-electron chi connectivity index (χ1n) is 11.1. The van der Waals surface area contributed by atoms with Crippen molar-refractivity contribution in [2.75, 3.05) is 41.7 Å². The minimum absolute atomic E-state index is 0.106. The Labute approximate surface area is 196 Å². The Morgan fingerprint density at radius 2 is 1.62 bits per heavy atom. The van der Waals surface area contributed by atoms with Crippen LogP contribution < -0.4 is 15.5 Å². The van der Waals surface area contributed by atoms with Crippen LogP contribution in [0.5, 0.6) is 0 Å². The van der Waals surface area contributed by atoms with Crippen molar-refractivity contribution in [3.05, 3.63) is 72.6 Å². The zero-order valence-electron chi connectivity index (χ0n) is 18.7. The van der Waals surface area contributed by atoms with Crippen LogP contribution in [0.25, 0.3) is 10.8 Å². The van der Waals surface area contributed by atoms with Crippen LogP contribution in [0.1, 0.15) is 17.6 Å². The van der Waals surface area contributed by atoms with E-state index in [1.54, 1.807) is 6.92 Å². The number of carbonyl (C=O) groups is 2. The lowest BCUT2D eigenvalue weighted by atomic mass is 10.1. The average Bonchev–Trinajstić information content (AvgIpc) is 3.34. The fourth-order valence-electron chi connectivity index (χ4n) is 4.03. The fourth-order valence-corrected chi connectivity index (χ4v) is 4.03. The number of rotatable bonds is 5. The van der Waals surface area contributed by atoms with Gasteiger partial charge >= 0.3 is 17.8 Å². The van der Waals surface area contributed by atoms with Crippen LogP contribution in [0.3, 0.4) is 0 Å². The van der Waals surface area contributed by atoms with Gasteiger partial charge in [-0.05, 0) is 35.7 Å². The molecule has 0 saturated carbocycles. The number of hydrogen-bond acceptors (Lipinski definition) is 7. The molecule has 4 aromatic rings. The first kappa shape index (κ1) is 21.4. The van der Waals surface area contributed by atoms with E-state index in [1.807, 2.05) is 71.6 Å². The number of fused-ring (bicyclic) bond motifs is 1. The molecule has 5 rings (SSSR count). The highest BCUT2D eigenvalue weighted by atomic mass is 16.4. The lowest BCUT2D eigenvalue weighted by Crippen LogP contribution is -2.48. The second-order valence-electron chi connectivity index (χ2n) is 8.06. The van der Waals surface area contributed by atoms with Crippen LogP contribution >= 0.6 is 0 Å². The molecule has 0 spiro atoms. The molecule has 1 saturated heterocycles. The van der Waals surface area contributed by atoms with Gasteiger partial charge in [-0.15, -0.1) is 5.10 Å². The minimum Gasteiger partial charge on any atom is -0.399 e. The molecule has 1 aliphatic heterocycles. The van der Waals surface area contributed by atoms with E-state index in [4.69, 9.17) is 4.42 Å². The number of aromatic nitrogens is 2. The number of nitrogens with one attached hydrogen (secondary N) is 2. The SMILES string of the molecule is CC(=O)N1CCN(c2ccc(NC(=O)c3nnc(Nc4cccc5ccccc45)o3)cc2)CC1. The lowest BCUT2D eigenvalue weighted by Gasteiger charge is -2.35. The molecule has 0 radical (unpaired) electrons. The van der Waals surface area contributed by atoms with Gasteiger partial charge in [-0.3, -0.25) is 9.59 Å². The lowest BCUT2D eigenvalue weighted by molar-refractivity contribution is -0.129. The molecule has 1 aliphatic rings. The molecule has 3 aromatic carbocycles. The van der Waals surface area contributed by atoms with Gasteiger partial charge in [0, 0.05) is 49.9 Å². The summed E-state index contributed by atoms with van der Waals surface area (Å²) < 4.78 is 5.53. The monoisotopic (exact) mass is 456 g/mol. The van der Waals surface area contributed by atoms with E-state index in [0.717, 1.165) is 35.2 Å². The number of hydrogen-bond donors (Lipinski definition) is 2. The Morgan fingerprint density at radius 1 is 0.882 bits per heavy atom. The molecular formula is C25H24N6O3. The summed E-state index contributed by atoms with van der Waals surface area (Å²) in [7, 11) is 0. The van der Waals surface area contributed by atoms with E-state index in [0.29, 0.717) is 18.8 Å². The summed E-state index contributed by atoms with van der Waals surface area (Å²) in [4.78, 5) is 28.2. The molecule has 1 aromatic heterocycles. The van der Waals surface area contributed by atoms with E-state index >= 15 is 0 Å². The Balaban J connectivity index is 1.21. The molecule has 9 nitrogen and oxygen atoms in total. The van der Waals surface area contributed by atoms with Crippen molar-refractivity contribution in [2.45, 2.75) is 6.92 Å². The van der Waals surface area contributed by atoms with Crippen molar-refractivity contribution in [3.63, 3.8) is 0 Å². The largest absolute Gasteiger partial charge is 0.399 e. The van der Waals surface area contributed by atoms with Gasteiger partial charge in [-0.1, -0.05) is 41.5 Å². The molecule has 2 N–H and O–H groups in total. The third kappa shape index (κ3) is 4.54. The summed E-state index contributed by atoms with van der Waals surface area (Å²) in [5.41, 5.74) is 2.48. The van der Waals surface area contributed by atoms with Crippen LogP contribution in [0.4, 0.5) is 23.1 Å². The predicted octanol–water partition coefficient (Wildman–Crippen LogP) is 3.89. The van der Waals surface area contributed by atoms with Gasteiger partial charge in [0.05, 0.1) is 5.69 Å². The van der Waals surface area contributed by atoms with Crippen molar-refractivity contribution < 1.29 is 14.0 Å². The van der Waals surface area contributed by atoms with Crippen molar-refractivity contribution in [1.29, 1.82) is 0 Å². The summed E-state index contributed by atoms with van der Waals surface area (Å²) in [5, 5.41) is 15.8. The Bertz CT molecular complexity index is 1320. The Morgan fingerprint density at radius 3 is 2.38 bits per heavy atom. The standard InChI is InChI=1S/C25H24N6O3/c1-17(32)30-13-15-31(16-14-30)20-11-9-19(10-12-20)26-23(33)24-28-29-25(34-24)27-22-8-4-6-18-5-2-3-7-21(18)22/h2-12H,13-16H2,1H3,(H,26,33)(H,27,29). The molecule has 0 aliphatic carbocycles. The highest BCUT2D eigenvalue weighted by Gasteiger charge is 2.19. The number of anilines is 4. The van der Waals surface area contributed by atoms with Crippen LogP contribution in [0.2, 0.25) is 0 Å². The quantitative estimate of drug-likeness (QED) is 0.470. The van der Waals surface area contributed by atoms with Gasteiger partial charge in [-0.25, -0.2) is 0 Å². The molecule has 1 fully saturated rings. The summed E-state index contributed by atoms with van der Waals surface area (Å²) in [6.07, 6.45) is 0. The van der Waals surface area contributed by atoms with E-state index in [2.05, 4.69) is 25.7 Å². The summed E-state index contributed by atoms with van der Waals surface area (Å²) >= 11 is 0. The topological polar surface area (TPSA) is 104 Å². The van der Waals surface area contributed by atoms with Crippen LogP contribution in [-0.4, -0.2) is 53.1 Å². The highest BCUT2D eigenvalue weighted by molar-refractivity contribution is 6.01. The Hall–Kier alpha value is -4.40. The molecule has 9 heteroatoms. The molecule has 0 atom stereocenters. The number of benzene rings is 3. The first-order valence-corrected chi connectivity index (χ1v) is 11.1. The van der Waals surface area contributed by atoms with Crippen molar-refractivity contribution in [1.82, 2.24) is 15.1 Å². The third-order valence-electron chi connectivity index (χ3n) is 5.87. The number of amides is 2. The second-order valence-corrected chi connectivity index (χ2v) is 8.06. The van der Waals surface area contributed by atoms with Gasteiger partial charge in [-0.2, -0.15) is 0 Å². The summed E-state index contributed by atoms with van der Waals surface area (Å²) in [5.74, 6) is -0.511. The maximum Gasteiger partial charge on any atom is 0.320 e. The first-order chi connectivity index (χ1) is 16.6. The van der Waals surface area contributed by atoms with Crippen molar-refractivity contribution >= 4 is 45.7 Å². The van der Waals surface area contributed by atoms with Crippen molar-refractivity contribution in [2.24, 2.45) is 0 Å². The molecule has 0 unspecified atom stereocenters. The normalized spacial score (nSPS) is 13.7. The minimum atomic E-state index is -0.485. The van der Waals surface area contributed by atoms with Crippen LogP contribution in [0, 0.1) is 0 Å². The maximum atomic E-state index is 12.6. The third-order valence-corrected chi connectivity index (χ3v) is 5.87. The molecule has 2 heterocycles. The molecule has 34 heavy (non-hydrogen) atoms. The maximum absolute atomic E-state index is 12.6. The smallest absolute Gasteiger partial charge is 0.320 e. The molecular weight excluding hydrogens is 432 g/mol. The number of carbonyl (C=O) groups excluding carboxylic acids is 2. The molecule has 2 amide bonds. The van der Waals surface area contributed by atoms with E-state index in [-0.39, 0.29) is 17.8 Å². The zero-order chi connectivity index (χ0) is 23.5. The Kier molecular flexibility index (Phi) is 5.82. The van der Waals surface area contributed by atoms with E-state index < -0.39 is 5.91 Å². The summed E-state index contributed by atoms with van der Waals surface area (Å²) in [6.45, 7) is 4.57. The van der Waals surface area contributed by atoms with Crippen LogP contribution in [0.15, 0.2) is 71.1 Å². The van der Waals surface area contributed by atoms with Gasteiger partial charge < -0.3 is 24.9 Å². The molecule has 0 bridgehead atoms. The number of piperazine rings is 1. The highest BCUT2D eigenvalue weighted by Crippen LogP contribution is 2.26. The fraction of sp³-hybridized carbons (Fsp3) is 0.200. The zero-order valence-corrected chi connectivity index (χ0v) is 18.7. The summed E-state index contributed by atoms with van der Waals surface area (Å²) in [6, 6.07) is 21.5. The predicted molar refractivity (Wildman–Crippen MR) is 130 cm³/mol. The van der Waals surface area contributed by atoms with Gasteiger partial charge in [0.1, 0.15) is 0 Å². The molecule has 172 valence electrons. The van der Waals surface area contributed by atoms with Crippen molar-refractivity contribution in [3.8, 4) is 0 Å². The van der Waals surface area contributed by atoms with E-state index in [9.17, 15) is 9.59 Å².